The predicted molar refractivity (Wildman–Crippen MR) is 129 cm³/mol. The highest BCUT2D eigenvalue weighted by molar-refractivity contribution is 5.93. The zero-order chi connectivity index (χ0) is 31.9. The van der Waals surface area contributed by atoms with Gasteiger partial charge in [0.1, 0.15) is 23.1 Å². The number of halogens is 9. The zero-order valence-corrected chi connectivity index (χ0v) is 22.5. The minimum atomic E-state index is -5.06. The molecule has 18 heteroatoms. The molecule has 1 aromatic carbocycles. The fraction of sp³-hybridized carbons (Fsp3) is 0.560. The van der Waals surface area contributed by atoms with Gasteiger partial charge in [0.2, 0.25) is 11.8 Å². The molecule has 3 atom stereocenters. The molecule has 0 bridgehead atoms. The second-order valence-electron chi connectivity index (χ2n) is 10.5. The molecule has 0 radical (unpaired) electrons. The van der Waals surface area contributed by atoms with Crippen LogP contribution in [0.5, 0.6) is 0 Å². The zero-order valence-electron chi connectivity index (χ0n) is 22.5. The Bertz CT molecular complexity index is 1470. The van der Waals surface area contributed by atoms with E-state index in [1.165, 1.54) is 12.2 Å². The summed E-state index contributed by atoms with van der Waals surface area (Å²) in [6, 6.07) is -1.76. The van der Waals surface area contributed by atoms with E-state index in [1.54, 1.807) is 0 Å². The lowest BCUT2D eigenvalue weighted by atomic mass is 9.81. The third-order valence-electron chi connectivity index (χ3n) is 7.30. The van der Waals surface area contributed by atoms with Gasteiger partial charge in [-0.3, -0.25) is 9.59 Å². The van der Waals surface area contributed by atoms with Crippen LogP contribution in [0.15, 0.2) is 16.8 Å². The van der Waals surface area contributed by atoms with Crippen molar-refractivity contribution >= 4 is 22.8 Å². The number of rotatable bonds is 8. The number of aromatic nitrogens is 4. The number of aromatic amines is 1. The minimum Gasteiger partial charge on any atom is -0.344 e. The van der Waals surface area contributed by atoms with E-state index >= 15 is 4.39 Å². The van der Waals surface area contributed by atoms with Crippen LogP contribution in [0.1, 0.15) is 78.6 Å². The Balaban J connectivity index is 1.72. The first-order valence-corrected chi connectivity index (χ1v) is 13.0. The SMILES string of the molecule is Cc1nonc1C(=O)N[C@H](c1nc2c(F)c(C(CC(F)(F)F)C(=O)N[C@@H](C)C(F)(F)F)ccc2[nH]1)C1CCC(F)(F)CC1. The van der Waals surface area contributed by atoms with Gasteiger partial charge in [-0.2, -0.15) is 26.3 Å². The van der Waals surface area contributed by atoms with Crippen LogP contribution in [0.3, 0.4) is 0 Å². The van der Waals surface area contributed by atoms with Crippen molar-refractivity contribution in [2.24, 2.45) is 5.92 Å². The normalized spacial score (nSPS) is 18.3. The Labute approximate surface area is 236 Å². The molecule has 1 aliphatic carbocycles. The van der Waals surface area contributed by atoms with E-state index in [9.17, 15) is 44.7 Å². The van der Waals surface area contributed by atoms with E-state index in [0.717, 1.165) is 12.1 Å². The number of carbonyl (C=O) groups is 2. The average molecular weight is 628 g/mol. The summed E-state index contributed by atoms with van der Waals surface area (Å²) in [5, 5.41) is 11.0. The summed E-state index contributed by atoms with van der Waals surface area (Å²) in [5.74, 6) is -10.0. The first-order chi connectivity index (χ1) is 19.9. The number of H-pyrrole nitrogens is 1. The van der Waals surface area contributed by atoms with Gasteiger partial charge in [0.05, 0.1) is 23.9 Å². The number of imidazole rings is 1. The van der Waals surface area contributed by atoms with E-state index < -0.39 is 90.2 Å². The molecule has 2 aromatic heterocycles. The van der Waals surface area contributed by atoms with E-state index in [-0.39, 0.29) is 35.6 Å². The standard InChI is InChI=1S/C25H25F9N6O3/c1-10-17(40-43-39-10)22(42)38-18(12-5-7-23(27,28)8-6-12)20-36-15-4-3-13(16(26)19(15)37-20)14(9-24(29,30)31)21(41)35-11(2)25(32,33)34/h3-4,11-12,14,18H,5-9H2,1-2H3,(H,35,41)(H,36,37)(H,38,42)/t11-,14?,18-/m0/s1. The first kappa shape index (κ1) is 32.1. The molecule has 3 aromatic rings. The average Bonchev–Trinajstić information content (AvgIpc) is 3.52. The Hall–Kier alpha value is -3.86. The van der Waals surface area contributed by atoms with Crippen molar-refractivity contribution in [3.63, 3.8) is 0 Å². The largest absolute Gasteiger partial charge is 0.408 e. The van der Waals surface area contributed by atoms with Crippen LogP contribution in [0.25, 0.3) is 11.0 Å². The molecule has 1 unspecified atom stereocenters. The van der Waals surface area contributed by atoms with Crippen molar-refractivity contribution < 1.29 is 53.7 Å². The number of carbonyl (C=O) groups excluding carboxylic acids is 2. The summed E-state index contributed by atoms with van der Waals surface area (Å²) in [6.07, 6.45) is -13.2. The van der Waals surface area contributed by atoms with E-state index in [2.05, 4.69) is 30.2 Å². The topological polar surface area (TPSA) is 126 Å². The third-order valence-corrected chi connectivity index (χ3v) is 7.30. The van der Waals surface area contributed by atoms with E-state index in [0.29, 0.717) is 6.92 Å². The lowest BCUT2D eigenvalue weighted by Crippen LogP contribution is -2.45. The molecule has 1 saturated carbocycles. The summed E-state index contributed by atoms with van der Waals surface area (Å²) in [4.78, 5) is 32.3. The number of hydrogen-bond donors (Lipinski definition) is 3. The van der Waals surface area contributed by atoms with Crippen molar-refractivity contribution in [1.82, 2.24) is 30.9 Å². The number of fused-ring (bicyclic) bond motifs is 1. The smallest absolute Gasteiger partial charge is 0.344 e. The highest BCUT2D eigenvalue weighted by Crippen LogP contribution is 2.42. The van der Waals surface area contributed by atoms with Crippen LogP contribution in [-0.2, 0) is 4.79 Å². The van der Waals surface area contributed by atoms with Gasteiger partial charge in [0, 0.05) is 18.4 Å². The number of nitrogens with one attached hydrogen (secondary N) is 3. The summed E-state index contributed by atoms with van der Waals surface area (Å²) < 4.78 is 127. The number of alkyl halides is 8. The molecule has 4 rings (SSSR count). The van der Waals surface area contributed by atoms with Crippen LogP contribution >= 0.6 is 0 Å². The van der Waals surface area contributed by atoms with Gasteiger partial charge in [0.25, 0.3) is 5.91 Å². The molecular formula is C25H25F9N6O3. The van der Waals surface area contributed by atoms with Crippen LogP contribution < -0.4 is 10.6 Å². The van der Waals surface area contributed by atoms with Gasteiger partial charge < -0.3 is 15.6 Å². The van der Waals surface area contributed by atoms with E-state index in [4.69, 9.17) is 0 Å². The maximum atomic E-state index is 15.7. The van der Waals surface area contributed by atoms with E-state index in [1.807, 2.05) is 0 Å². The van der Waals surface area contributed by atoms with Crippen molar-refractivity contribution in [2.75, 3.05) is 0 Å². The lowest BCUT2D eigenvalue weighted by molar-refractivity contribution is -0.162. The molecule has 1 aliphatic rings. The molecule has 236 valence electrons. The lowest BCUT2D eigenvalue weighted by Gasteiger charge is -2.33. The molecular weight excluding hydrogens is 603 g/mol. The summed E-state index contributed by atoms with van der Waals surface area (Å²) in [5.41, 5.74) is -1.64. The Kier molecular flexibility index (Phi) is 8.70. The second-order valence-corrected chi connectivity index (χ2v) is 10.5. The Morgan fingerprint density at radius 2 is 1.74 bits per heavy atom. The van der Waals surface area contributed by atoms with Crippen LogP contribution in [0.4, 0.5) is 39.5 Å². The first-order valence-electron chi connectivity index (χ1n) is 13.0. The van der Waals surface area contributed by atoms with Crippen LogP contribution in [0, 0.1) is 18.7 Å². The van der Waals surface area contributed by atoms with Crippen LogP contribution in [0.2, 0.25) is 0 Å². The highest BCUT2D eigenvalue weighted by Gasteiger charge is 2.43. The number of hydrogen-bond acceptors (Lipinski definition) is 6. The molecule has 0 spiro atoms. The number of nitrogens with zero attached hydrogens (tertiary/aromatic N) is 3. The third kappa shape index (κ3) is 7.38. The molecule has 0 saturated heterocycles. The van der Waals surface area contributed by atoms with Crippen molar-refractivity contribution in [3.05, 3.63) is 40.7 Å². The molecule has 43 heavy (non-hydrogen) atoms. The number of aryl methyl sites for hydroxylation is 1. The van der Waals surface area contributed by atoms with Crippen molar-refractivity contribution in [1.29, 1.82) is 0 Å². The molecule has 1 fully saturated rings. The molecule has 9 nitrogen and oxygen atoms in total. The Morgan fingerprint density at radius 1 is 1.09 bits per heavy atom. The highest BCUT2D eigenvalue weighted by atomic mass is 19.4. The monoisotopic (exact) mass is 628 g/mol. The Morgan fingerprint density at radius 3 is 2.30 bits per heavy atom. The molecule has 3 N–H and O–H groups in total. The maximum absolute atomic E-state index is 15.7. The predicted octanol–water partition coefficient (Wildman–Crippen LogP) is 5.79. The van der Waals surface area contributed by atoms with Gasteiger partial charge in [-0.1, -0.05) is 11.2 Å². The molecule has 2 heterocycles. The van der Waals surface area contributed by atoms with Crippen molar-refractivity contribution in [2.45, 2.75) is 82.2 Å². The van der Waals surface area contributed by atoms with Gasteiger partial charge in [-0.15, -0.1) is 0 Å². The number of benzene rings is 1. The van der Waals surface area contributed by atoms with Crippen LogP contribution in [-0.4, -0.2) is 56.4 Å². The summed E-state index contributed by atoms with van der Waals surface area (Å²) >= 11 is 0. The number of amides is 2. The van der Waals surface area contributed by atoms with Gasteiger partial charge in [-0.25, -0.2) is 22.8 Å². The molecule has 2 amide bonds. The van der Waals surface area contributed by atoms with Gasteiger partial charge in [0.15, 0.2) is 11.5 Å². The fourth-order valence-electron chi connectivity index (χ4n) is 4.92. The molecule has 0 aliphatic heterocycles. The van der Waals surface area contributed by atoms with Gasteiger partial charge >= 0.3 is 12.4 Å². The summed E-state index contributed by atoms with van der Waals surface area (Å²) in [6.45, 7) is 1.94. The summed E-state index contributed by atoms with van der Waals surface area (Å²) in [7, 11) is 0. The maximum Gasteiger partial charge on any atom is 0.408 e. The van der Waals surface area contributed by atoms with Gasteiger partial charge in [-0.05, 0) is 43.8 Å². The van der Waals surface area contributed by atoms with Crippen molar-refractivity contribution in [3.8, 4) is 0 Å². The second kappa shape index (κ2) is 11.7. The minimum absolute atomic E-state index is 0.0794. The fourth-order valence-corrected chi connectivity index (χ4v) is 4.92. The quantitative estimate of drug-likeness (QED) is 0.271.